The molecule has 0 aliphatic carbocycles. The molecule has 1 atom stereocenters. The topological polar surface area (TPSA) is 86.8 Å². The number of hydrogen-bond donors (Lipinski definition) is 1. The molecule has 1 N–H and O–H groups in total. The molecule has 0 saturated carbocycles. The SMILES string of the molecule is Cc1ccc(N2CC(C(=O)Nc3cc(S(=O)(=O)N4CCCC4)sc3C)CC2=O)cc1C. The molecular formula is C22H27N3O4S2. The number of carbonyl (C=O) groups is 2. The minimum absolute atomic E-state index is 0.0808. The Morgan fingerprint density at radius 3 is 2.48 bits per heavy atom. The monoisotopic (exact) mass is 461 g/mol. The largest absolute Gasteiger partial charge is 0.325 e. The first kappa shape index (κ1) is 22.0. The highest BCUT2D eigenvalue weighted by atomic mass is 32.2. The molecule has 2 aliphatic rings. The van der Waals surface area contributed by atoms with Crippen LogP contribution in [0.1, 0.15) is 35.3 Å². The summed E-state index contributed by atoms with van der Waals surface area (Å²) >= 11 is 1.17. The van der Waals surface area contributed by atoms with Crippen molar-refractivity contribution in [1.29, 1.82) is 0 Å². The summed E-state index contributed by atoms with van der Waals surface area (Å²) in [6.07, 6.45) is 1.89. The van der Waals surface area contributed by atoms with Gasteiger partial charge in [0.2, 0.25) is 11.8 Å². The molecule has 1 aromatic heterocycles. The van der Waals surface area contributed by atoms with E-state index in [9.17, 15) is 18.0 Å². The van der Waals surface area contributed by atoms with Crippen LogP contribution in [-0.4, -0.2) is 44.2 Å². The van der Waals surface area contributed by atoms with Gasteiger partial charge in [-0.05, 0) is 62.9 Å². The van der Waals surface area contributed by atoms with Crippen molar-refractivity contribution in [2.24, 2.45) is 5.92 Å². The summed E-state index contributed by atoms with van der Waals surface area (Å²) in [6.45, 7) is 7.21. The quantitative estimate of drug-likeness (QED) is 0.739. The average Bonchev–Trinajstić information content (AvgIpc) is 3.45. The molecule has 3 heterocycles. The van der Waals surface area contributed by atoms with Gasteiger partial charge in [0.05, 0.1) is 11.6 Å². The number of nitrogens with one attached hydrogen (secondary N) is 1. The van der Waals surface area contributed by atoms with Crippen LogP contribution in [0, 0.1) is 26.7 Å². The molecule has 7 nitrogen and oxygen atoms in total. The molecule has 2 aromatic rings. The highest BCUT2D eigenvalue weighted by Crippen LogP contribution is 2.34. The van der Waals surface area contributed by atoms with E-state index in [-0.39, 0.29) is 22.4 Å². The minimum Gasteiger partial charge on any atom is -0.325 e. The maximum atomic E-state index is 12.9. The summed E-state index contributed by atoms with van der Waals surface area (Å²) < 4.78 is 27.4. The van der Waals surface area contributed by atoms with Crippen molar-refractivity contribution >= 4 is 44.5 Å². The Balaban J connectivity index is 1.47. The Bertz CT molecular complexity index is 1130. The zero-order valence-corrected chi connectivity index (χ0v) is 19.6. The molecule has 1 aromatic carbocycles. The molecule has 4 rings (SSSR count). The van der Waals surface area contributed by atoms with Crippen LogP contribution in [0.2, 0.25) is 0 Å². The van der Waals surface area contributed by atoms with Crippen LogP contribution >= 0.6 is 11.3 Å². The molecule has 0 spiro atoms. The van der Waals surface area contributed by atoms with E-state index in [2.05, 4.69) is 5.32 Å². The molecule has 31 heavy (non-hydrogen) atoms. The Hall–Kier alpha value is -2.23. The van der Waals surface area contributed by atoms with Crippen LogP contribution in [0.25, 0.3) is 0 Å². The fourth-order valence-corrected chi connectivity index (χ4v) is 7.09. The van der Waals surface area contributed by atoms with E-state index in [1.165, 1.54) is 15.6 Å². The van der Waals surface area contributed by atoms with E-state index in [1.807, 2.05) is 32.0 Å². The van der Waals surface area contributed by atoms with Crippen molar-refractivity contribution in [2.75, 3.05) is 29.9 Å². The van der Waals surface area contributed by atoms with Crippen molar-refractivity contribution < 1.29 is 18.0 Å². The van der Waals surface area contributed by atoms with Crippen molar-refractivity contribution in [3.63, 3.8) is 0 Å². The number of benzene rings is 1. The second-order valence-corrected chi connectivity index (χ2v) is 11.7. The van der Waals surface area contributed by atoms with E-state index in [0.29, 0.717) is 25.3 Å². The number of nitrogens with zero attached hydrogens (tertiary/aromatic N) is 2. The third-order valence-corrected chi connectivity index (χ3v) is 9.51. The molecule has 0 radical (unpaired) electrons. The van der Waals surface area contributed by atoms with Crippen molar-refractivity contribution in [3.05, 3.63) is 40.3 Å². The van der Waals surface area contributed by atoms with Crippen LogP contribution < -0.4 is 10.2 Å². The number of rotatable bonds is 5. The number of anilines is 2. The van der Waals surface area contributed by atoms with Gasteiger partial charge in [0.15, 0.2) is 0 Å². The van der Waals surface area contributed by atoms with Gasteiger partial charge in [0, 0.05) is 36.6 Å². The van der Waals surface area contributed by atoms with Gasteiger partial charge in [-0.15, -0.1) is 11.3 Å². The highest BCUT2D eigenvalue weighted by Gasteiger charge is 2.36. The van der Waals surface area contributed by atoms with Gasteiger partial charge in [0.1, 0.15) is 4.21 Å². The molecule has 166 valence electrons. The second-order valence-electron chi connectivity index (χ2n) is 8.31. The Morgan fingerprint density at radius 1 is 1.10 bits per heavy atom. The summed E-state index contributed by atoms with van der Waals surface area (Å²) in [6, 6.07) is 7.39. The Kier molecular flexibility index (Phi) is 5.93. The third-order valence-electron chi connectivity index (χ3n) is 6.11. The van der Waals surface area contributed by atoms with E-state index in [1.54, 1.807) is 17.9 Å². The van der Waals surface area contributed by atoms with Gasteiger partial charge < -0.3 is 10.2 Å². The lowest BCUT2D eigenvalue weighted by molar-refractivity contribution is -0.122. The first-order valence-electron chi connectivity index (χ1n) is 10.5. The first-order chi connectivity index (χ1) is 14.7. The summed E-state index contributed by atoms with van der Waals surface area (Å²) in [4.78, 5) is 27.8. The van der Waals surface area contributed by atoms with E-state index < -0.39 is 15.9 Å². The van der Waals surface area contributed by atoms with E-state index >= 15 is 0 Å². The predicted molar refractivity (Wildman–Crippen MR) is 122 cm³/mol. The van der Waals surface area contributed by atoms with Gasteiger partial charge in [-0.25, -0.2) is 8.42 Å². The normalized spacial score (nSPS) is 19.9. The molecule has 2 fully saturated rings. The number of carbonyl (C=O) groups excluding carboxylic acids is 2. The second kappa shape index (κ2) is 8.37. The molecule has 9 heteroatoms. The molecular weight excluding hydrogens is 434 g/mol. The van der Waals surface area contributed by atoms with E-state index in [0.717, 1.165) is 34.5 Å². The average molecular weight is 462 g/mol. The Labute approximate surface area is 187 Å². The number of sulfonamides is 1. The van der Waals surface area contributed by atoms with E-state index in [4.69, 9.17) is 0 Å². The van der Waals surface area contributed by atoms with Crippen LogP contribution in [0.5, 0.6) is 0 Å². The zero-order chi connectivity index (χ0) is 22.3. The molecule has 2 saturated heterocycles. The molecule has 2 amide bonds. The predicted octanol–water partition coefficient (Wildman–Crippen LogP) is 3.45. The maximum absolute atomic E-state index is 12.9. The lowest BCUT2D eigenvalue weighted by atomic mass is 10.1. The van der Waals surface area contributed by atoms with Crippen molar-refractivity contribution in [3.8, 4) is 0 Å². The third kappa shape index (κ3) is 4.26. The van der Waals surface area contributed by atoms with Crippen LogP contribution in [0.15, 0.2) is 28.5 Å². The van der Waals surface area contributed by atoms with Gasteiger partial charge in [-0.1, -0.05) is 6.07 Å². The fraction of sp³-hybridized carbons (Fsp3) is 0.455. The summed E-state index contributed by atoms with van der Waals surface area (Å²) in [5.41, 5.74) is 3.55. The highest BCUT2D eigenvalue weighted by molar-refractivity contribution is 7.91. The van der Waals surface area contributed by atoms with Crippen molar-refractivity contribution in [2.45, 2.75) is 44.2 Å². The molecule has 1 unspecified atom stereocenters. The summed E-state index contributed by atoms with van der Waals surface area (Å²) in [5, 5.41) is 2.86. The lowest BCUT2D eigenvalue weighted by Gasteiger charge is -2.18. The first-order valence-corrected chi connectivity index (χ1v) is 12.7. The van der Waals surface area contributed by atoms with Crippen LogP contribution in [0.4, 0.5) is 11.4 Å². The maximum Gasteiger partial charge on any atom is 0.252 e. The smallest absolute Gasteiger partial charge is 0.252 e. The standard InChI is InChI=1S/C22H27N3O4S2/c1-14-6-7-18(10-15(14)2)25-13-17(11-20(25)26)22(27)23-19-12-21(30-16(19)3)31(28,29)24-8-4-5-9-24/h6-7,10,12,17H,4-5,8-9,11,13H2,1-3H3,(H,23,27). The fourth-order valence-electron chi connectivity index (χ4n) is 4.02. The number of aryl methyl sites for hydroxylation is 3. The van der Waals surface area contributed by atoms with Crippen LogP contribution in [0.3, 0.4) is 0 Å². The zero-order valence-electron chi connectivity index (χ0n) is 18.0. The van der Waals surface area contributed by atoms with Gasteiger partial charge in [-0.2, -0.15) is 4.31 Å². The number of hydrogen-bond acceptors (Lipinski definition) is 5. The van der Waals surface area contributed by atoms with Gasteiger partial charge >= 0.3 is 0 Å². The molecule has 2 aliphatic heterocycles. The molecule has 0 bridgehead atoms. The minimum atomic E-state index is -3.52. The lowest BCUT2D eigenvalue weighted by Crippen LogP contribution is -2.28. The summed E-state index contributed by atoms with van der Waals surface area (Å²) in [5.74, 6) is -0.819. The Morgan fingerprint density at radius 2 is 1.81 bits per heavy atom. The van der Waals surface area contributed by atoms with Gasteiger partial charge in [0.25, 0.3) is 10.0 Å². The summed E-state index contributed by atoms with van der Waals surface area (Å²) in [7, 11) is -3.52. The van der Waals surface area contributed by atoms with Crippen LogP contribution in [-0.2, 0) is 19.6 Å². The number of amides is 2. The number of thiophene rings is 1. The van der Waals surface area contributed by atoms with Crippen molar-refractivity contribution in [1.82, 2.24) is 4.31 Å². The van der Waals surface area contributed by atoms with Gasteiger partial charge in [-0.3, -0.25) is 9.59 Å².